The van der Waals surface area contributed by atoms with Gasteiger partial charge in [-0.1, -0.05) is 0 Å². The van der Waals surface area contributed by atoms with Gasteiger partial charge in [-0.15, -0.1) is 0 Å². The van der Waals surface area contributed by atoms with Crippen molar-refractivity contribution in [3.63, 3.8) is 0 Å². The van der Waals surface area contributed by atoms with Gasteiger partial charge in [0.15, 0.2) is 0 Å². The van der Waals surface area contributed by atoms with E-state index in [2.05, 4.69) is 4.98 Å². The SMILES string of the molecule is Cn1ccnc1CN(C(=O)CC(C)(C)N)C1CC1. The lowest BCUT2D eigenvalue weighted by Gasteiger charge is -2.26. The smallest absolute Gasteiger partial charge is 0.225 e. The quantitative estimate of drug-likeness (QED) is 0.849. The van der Waals surface area contributed by atoms with E-state index in [1.54, 1.807) is 6.20 Å². The minimum Gasteiger partial charge on any atom is -0.337 e. The first-order valence-corrected chi connectivity index (χ1v) is 6.41. The Bertz CT molecular complexity index is 428. The molecular weight excluding hydrogens is 228 g/mol. The number of carbonyl (C=O) groups excluding carboxylic acids is 1. The minimum atomic E-state index is -0.453. The average molecular weight is 250 g/mol. The molecule has 0 saturated heterocycles. The Hall–Kier alpha value is -1.36. The number of nitrogens with zero attached hydrogens (tertiary/aromatic N) is 3. The number of nitrogens with two attached hydrogens (primary N) is 1. The van der Waals surface area contributed by atoms with Crippen LogP contribution < -0.4 is 5.73 Å². The highest BCUT2D eigenvalue weighted by molar-refractivity contribution is 5.78. The molecule has 2 rings (SSSR count). The molecule has 1 aliphatic carbocycles. The van der Waals surface area contributed by atoms with Crippen LogP contribution in [0.1, 0.15) is 38.9 Å². The summed E-state index contributed by atoms with van der Waals surface area (Å²) in [5.74, 6) is 1.05. The molecule has 5 nitrogen and oxygen atoms in total. The molecule has 1 heterocycles. The standard InChI is InChI=1S/C13H22N4O/c1-13(2,14)8-12(18)17(10-4-5-10)9-11-15-6-7-16(11)3/h6-7,10H,4-5,8-9,14H2,1-3H3. The van der Waals surface area contributed by atoms with Gasteiger partial charge in [0.05, 0.1) is 6.54 Å². The zero-order valence-electron chi connectivity index (χ0n) is 11.4. The largest absolute Gasteiger partial charge is 0.337 e. The number of carbonyl (C=O) groups is 1. The first kappa shape index (κ1) is 13.1. The molecule has 1 aromatic heterocycles. The summed E-state index contributed by atoms with van der Waals surface area (Å²) in [6.45, 7) is 4.36. The van der Waals surface area contributed by atoms with Gasteiger partial charge in [0.1, 0.15) is 5.82 Å². The molecule has 1 aromatic rings. The second-order valence-electron chi connectivity index (χ2n) is 5.87. The van der Waals surface area contributed by atoms with Crippen LogP contribution >= 0.6 is 0 Å². The first-order chi connectivity index (χ1) is 8.37. The molecule has 0 unspecified atom stereocenters. The first-order valence-electron chi connectivity index (χ1n) is 6.41. The monoisotopic (exact) mass is 250 g/mol. The van der Waals surface area contributed by atoms with Crippen LogP contribution in [-0.2, 0) is 18.4 Å². The fourth-order valence-corrected chi connectivity index (χ4v) is 2.00. The van der Waals surface area contributed by atoms with E-state index in [0.717, 1.165) is 18.7 Å². The third-order valence-electron chi connectivity index (χ3n) is 3.15. The molecular formula is C13H22N4O. The maximum Gasteiger partial charge on any atom is 0.225 e. The number of amides is 1. The molecule has 5 heteroatoms. The van der Waals surface area contributed by atoms with E-state index in [1.165, 1.54) is 0 Å². The molecule has 0 aromatic carbocycles. The maximum absolute atomic E-state index is 12.3. The molecule has 1 saturated carbocycles. The second-order valence-corrected chi connectivity index (χ2v) is 5.87. The van der Waals surface area contributed by atoms with Gasteiger partial charge in [-0.2, -0.15) is 0 Å². The predicted octanol–water partition coefficient (Wildman–Crippen LogP) is 1.04. The van der Waals surface area contributed by atoms with Gasteiger partial charge in [-0.25, -0.2) is 4.98 Å². The van der Waals surface area contributed by atoms with Crippen molar-refractivity contribution in [3.05, 3.63) is 18.2 Å². The van der Waals surface area contributed by atoms with Crippen molar-refractivity contribution >= 4 is 5.91 Å². The van der Waals surface area contributed by atoms with Gasteiger partial charge in [-0.05, 0) is 26.7 Å². The van der Waals surface area contributed by atoms with Gasteiger partial charge in [-0.3, -0.25) is 4.79 Å². The summed E-state index contributed by atoms with van der Waals surface area (Å²) in [5, 5.41) is 0. The van der Waals surface area contributed by atoms with Gasteiger partial charge in [0, 0.05) is 37.4 Å². The summed E-state index contributed by atoms with van der Waals surface area (Å²) in [6.07, 6.45) is 6.24. The molecule has 0 atom stereocenters. The number of hydrogen-bond donors (Lipinski definition) is 1. The fourth-order valence-electron chi connectivity index (χ4n) is 2.00. The van der Waals surface area contributed by atoms with E-state index in [0.29, 0.717) is 19.0 Å². The predicted molar refractivity (Wildman–Crippen MR) is 69.7 cm³/mol. The van der Waals surface area contributed by atoms with Gasteiger partial charge < -0.3 is 15.2 Å². The van der Waals surface area contributed by atoms with Crippen LogP contribution in [0.5, 0.6) is 0 Å². The van der Waals surface area contributed by atoms with E-state index >= 15 is 0 Å². The van der Waals surface area contributed by atoms with E-state index in [9.17, 15) is 4.79 Å². The van der Waals surface area contributed by atoms with Crippen molar-refractivity contribution in [2.75, 3.05) is 0 Å². The van der Waals surface area contributed by atoms with Gasteiger partial charge in [0.25, 0.3) is 0 Å². The summed E-state index contributed by atoms with van der Waals surface area (Å²) in [5.41, 5.74) is 5.48. The van der Waals surface area contributed by atoms with Crippen molar-refractivity contribution in [1.29, 1.82) is 0 Å². The zero-order valence-corrected chi connectivity index (χ0v) is 11.4. The molecule has 0 radical (unpaired) electrons. The number of aromatic nitrogens is 2. The molecule has 1 amide bonds. The van der Waals surface area contributed by atoms with Gasteiger partial charge in [0.2, 0.25) is 5.91 Å². The fraction of sp³-hybridized carbons (Fsp3) is 0.692. The Kier molecular flexibility index (Phi) is 3.43. The van der Waals surface area contributed by atoms with Crippen LogP contribution in [0.3, 0.4) is 0 Å². The molecule has 18 heavy (non-hydrogen) atoms. The summed E-state index contributed by atoms with van der Waals surface area (Å²) in [4.78, 5) is 18.5. The van der Waals surface area contributed by atoms with Gasteiger partial charge >= 0.3 is 0 Å². The van der Waals surface area contributed by atoms with Crippen LogP contribution in [0, 0.1) is 0 Å². The Labute approximate surface area is 108 Å². The molecule has 0 aliphatic heterocycles. The van der Waals surface area contributed by atoms with Crippen molar-refractivity contribution in [2.24, 2.45) is 12.8 Å². The summed E-state index contributed by atoms with van der Waals surface area (Å²) < 4.78 is 1.95. The molecule has 2 N–H and O–H groups in total. The molecule has 0 spiro atoms. The third-order valence-corrected chi connectivity index (χ3v) is 3.15. The van der Waals surface area contributed by atoms with E-state index in [4.69, 9.17) is 5.73 Å². The zero-order chi connectivity index (χ0) is 13.3. The average Bonchev–Trinajstić information content (AvgIpc) is 2.97. The van der Waals surface area contributed by atoms with E-state index < -0.39 is 5.54 Å². The number of aryl methyl sites for hydroxylation is 1. The van der Waals surface area contributed by atoms with Crippen molar-refractivity contribution in [1.82, 2.24) is 14.5 Å². The number of imidazole rings is 1. The van der Waals surface area contributed by atoms with Crippen molar-refractivity contribution < 1.29 is 4.79 Å². The Morgan fingerprint density at radius 2 is 2.28 bits per heavy atom. The van der Waals surface area contributed by atoms with Crippen LogP contribution in [0.15, 0.2) is 12.4 Å². The maximum atomic E-state index is 12.3. The lowest BCUT2D eigenvalue weighted by atomic mass is 10.0. The van der Waals surface area contributed by atoms with Crippen LogP contribution in [0.2, 0.25) is 0 Å². The van der Waals surface area contributed by atoms with E-state index in [-0.39, 0.29) is 5.91 Å². The van der Waals surface area contributed by atoms with Crippen molar-refractivity contribution in [2.45, 2.75) is 51.2 Å². The van der Waals surface area contributed by atoms with Crippen LogP contribution in [0.4, 0.5) is 0 Å². The normalized spacial score (nSPS) is 15.8. The molecule has 100 valence electrons. The number of rotatable bonds is 5. The highest BCUT2D eigenvalue weighted by atomic mass is 16.2. The number of hydrogen-bond acceptors (Lipinski definition) is 3. The van der Waals surface area contributed by atoms with Crippen molar-refractivity contribution in [3.8, 4) is 0 Å². The lowest BCUT2D eigenvalue weighted by molar-refractivity contribution is -0.133. The third kappa shape index (κ3) is 3.32. The Morgan fingerprint density at radius 1 is 1.61 bits per heavy atom. The summed E-state index contributed by atoms with van der Waals surface area (Å²) >= 11 is 0. The summed E-state index contributed by atoms with van der Waals surface area (Å²) in [6, 6.07) is 0.386. The molecule has 1 aliphatic rings. The second kappa shape index (κ2) is 4.72. The Balaban J connectivity index is 2.05. The molecule has 1 fully saturated rings. The lowest BCUT2D eigenvalue weighted by Crippen LogP contribution is -2.42. The Morgan fingerprint density at radius 3 is 2.72 bits per heavy atom. The van der Waals surface area contributed by atoms with E-state index in [1.807, 2.05) is 36.6 Å². The highest BCUT2D eigenvalue weighted by Crippen LogP contribution is 2.29. The molecule has 0 bridgehead atoms. The van der Waals surface area contributed by atoms with Crippen LogP contribution in [0.25, 0.3) is 0 Å². The highest BCUT2D eigenvalue weighted by Gasteiger charge is 2.34. The summed E-state index contributed by atoms with van der Waals surface area (Å²) in [7, 11) is 1.95. The minimum absolute atomic E-state index is 0.132. The topological polar surface area (TPSA) is 64.2 Å². The van der Waals surface area contributed by atoms with Crippen LogP contribution in [-0.4, -0.2) is 31.9 Å².